The number of carbonyl (C=O) groups is 3. The zero-order valence-corrected chi connectivity index (χ0v) is 24.8. The summed E-state index contributed by atoms with van der Waals surface area (Å²) in [6.45, 7) is -2.76. The predicted octanol–water partition coefficient (Wildman–Crippen LogP) is -7.16. The molecule has 4 aliphatic heterocycles. The molecule has 0 bridgehead atoms. The number of aliphatic hydroxyl groups is 10. The van der Waals surface area contributed by atoms with Crippen LogP contribution in [0.2, 0.25) is 0 Å². The second-order valence-electron chi connectivity index (χ2n) is 11.3. The first-order valence-corrected chi connectivity index (χ1v) is 14.9. The van der Waals surface area contributed by atoms with Crippen molar-refractivity contribution in [2.75, 3.05) is 26.4 Å². The topological polar surface area (TPSA) is 321 Å². The van der Waals surface area contributed by atoms with Crippen LogP contribution >= 0.6 is 0 Å². The summed E-state index contributed by atoms with van der Waals surface area (Å²) in [5.41, 5.74) is 0. The van der Waals surface area contributed by atoms with Gasteiger partial charge in [-0.3, -0.25) is 9.59 Å². The van der Waals surface area contributed by atoms with Gasteiger partial charge in [-0.1, -0.05) is 0 Å². The maximum Gasteiger partial charge on any atom is 0.333 e. The van der Waals surface area contributed by atoms with Crippen LogP contribution in [-0.4, -0.2) is 192 Å². The standard InChI is InChI=1S/C26H41NO20/c28-6-9-15(34)18(37)21(40)24(42-9)45-23-20(39)17(36)11(8-30)44-26(23)46-22-19(38)16(35)10(7-29)43-25(22)41-5-1-2-14(33)47-27-12(31)3-4-13(27)32/h9-11,15-26,28-30,34-40H,1-8H2/t9?,10?,11?,15-,16-,17-,18?,19?,20?,21-,22?,23?,24+,25+,26-/m1/s1. The van der Waals surface area contributed by atoms with Crippen molar-refractivity contribution >= 4 is 17.8 Å². The van der Waals surface area contributed by atoms with Crippen molar-refractivity contribution in [3.05, 3.63) is 0 Å². The largest absolute Gasteiger partial charge is 0.394 e. The van der Waals surface area contributed by atoms with Crippen molar-refractivity contribution in [3.8, 4) is 0 Å². The zero-order chi connectivity index (χ0) is 34.6. The maximum absolute atomic E-state index is 12.1. The van der Waals surface area contributed by atoms with Crippen LogP contribution in [0.15, 0.2) is 0 Å². The van der Waals surface area contributed by atoms with Gasteiger partial charge < -0.3 is 84.3 Å². The lowest BCUT2D eigenvalue weighted by Crippen LogP contribution is -2.67. The number of aliphatic hydroxyl groups excluding tert-OH is 10. The number of nitrogens with zero attached hydrogens (tertiary/aromatic N) is 1. The fourth-order valence-corrected chi connectivity index (χ4v) is 5.36. The Morgan fingerprint density at radius 1 is 0.638 bits per heavy atom. The average molecular weight is 688 g/mol. The fraction of sp³-hybridized carbons (Fsp3) is 0.885. The number of hydroxylamine groups is 2. The molecule has 0 radical (unpaired) electrons. The summed E-state index contributed by atoms with van der Waals surface area (Å²) in [5, 5.41) is 103. The molecule has 8 unspecified atom stereocenters. The zero-order valence-electron chi connectivity index (χ0n) is 24.8. The molecule has 0 aromatic carbocycles. The van der Waals surface area contributed by atoms with Gasteiger partial charge in [0.15, 0.2) is 18.9 Å². The summed E-state index contributed by atoms with van der Waals surface area (Å²) in [6.07, 6.45) is -26.8. The quantitative estimate of drug-likeness (QED) is 0.0635. The highest BCUT2D eigenvalue weighted by molar-refractivity contribution is 6.01. The van der Waals surface area contributed by atoms with Crippen molar-refractivity contribution in [1.82, 2.24) is 5.06 Å². The van der Waals surface area contributed by atoms with Gasteiger partial charge in [0.25, 0.3) is 11.8 Å². The van der Waals surface area contributed by atoms with E-state index in [4.69, 9.17) is 33.3 Å². The van der Waals surface area contributed by atoms with E-state index in [2.05, 4.69) is 0 Å². The molecule has 270 valence electrons. The number of hydrogen-bond acceptors (Lipinski definition) is 20. The number of imide groups is 1. The highest BCUT2D eigenvalue weighted by atomic mass is 16.8. The lowest BCUT2D eigenvalue weighted by molar-refractivity contribution is -0.393. The van der Waals surface area contributed by atoms with Crippen LogP contribution in [0.4, 0.5) is 0 Å². The van der Waals surface area contributed by atoms with Gasteiger partial charge in [0.1, 0.15) is 73.2 Å². The maximum atomic E-state index is 12.1. The van der Waals surface area contributed by atoms with Gasteiger partial charge in [0.2, 0.25) is 0 Å². The van der Waals surface area contributed by atoms with E-state index in [0.29, 0.717) is 5.06 Å². The van der Waals surface area contributed by atoms with Crippen LogP contribution in [0.1, 0.15) is 25.7 Å². The van der Waals surface area contributed by atoms with Gasteiger partial charge >= 0.3 is 5.97 Å². The Morgan fingerprint density at radius 2 is 1.09 bits per heavy atom. The molecule has 15 atom stereocenters. The molecule has 21 nitrogen and oxygen atoms in total. The Kier molecular flexibility index (Phi) is 13.3. The number of amides is 2. The van der Waals surface area contributed by atoms with Gasteiger partial charge in [-0.05, 0) is 6.42 Å². The van der Waals surface area contributed by atoms with Crippen LogP contribution in [-0.2, 0) is 47.6 Å². The minimum absolute atomic E-state index is 0.0790. The Balaban J connectivity index is 1.46. The highest BCUT2D eigenvalue weighted by Gasteiger charge is 2.54. The van der Waals surface area contributed by atoms with Crippen LogP contribution in [0.25, 0.3) is 0 Å². The summed E-state index contributed by atoms with van der Waals surface area (Å²) >= 11 is 0. The first-order chi connectivity index (χ1) is 22.3. The molecule has 4 saturated heterocycles. The third kappa shape index (κ3) is 8.41. The Morgan fingerprint density at radius 3 is 1.62 bits per heavy atom. The Hall–Kier alpha value is -2.03. The van der Waals surface area contributed by atoms with Crippen LogP contribution in [0, 0.1) is 0 Å². The molecular weight excluding hydrogens is 646 g/mol. The van der Waals surface area contributed by atoms with E-state index in [9.17, 15) is 65.4 Å². The lowest BCUT2D eigenvalue weighted by atomic mass is 9.96. The molecule has 4 fully saturated rings. The van der Waals surface area contributed by atoms with E-state index in [0.717, 1.165) is 0 Å². The van der Waals surface area contributed by atoms with E-state index < -0.39 is 130 Å². The lowest BCUT2D eigenvalue weighted by Gasteiger charge is -2.48. The average Bonchev–Trinajstić information content (AvgIpc) is 3.37. The Bertz CT molecular complexity index is 1050. The van der Waals surface area contributed by atoms with E-state index in [1.54, 1.807) is 0 Å². The molecule has 0 spiro atoms. The molecule has 10 N–H and O–H groups in total. The van der Waals surface area contributed by atoms with Crippen LogP contribution in [0.3, 0.4) is 0 Å². The minimum Gasteiger partial charge on any atom is -0.394 e. The van der Waals surface area contributed by atoms with Crippen molar-refractivity contribution in [1.29, 1.82) is 0 Å². The second-order valence-corrected chi connectivity index (χ2v) is 11.3. The molecule has 47 heavy (non-hydrogen) atoms. The predicted molar refractivity (Wildman–Crippen MR) is 141 cm³/mol. The third-order valence-electron chi connectivity index (χ3n) is 8.09. The molecule has 4 rings (SSSR count). The molecular formula is C26H41NO20. The van der Waals surface area contributed by atoms with E-state index >= 15 is 0 Å². The van der Waals surface area contributed by atoms with Gasteiger partial charge in [-0.2, -0.15) is 0 Å². The number of hydrogen-bond donors (Lipinski definition) is 10. The normalized spacial score (nSPS) is 42.9. The van der Waals surface area contributed by atoms with Gasteiger partial charge in [0.05, 0.1) is 32.8 Å². The monoisotopic (exact) mass is 687 g/mol. The molecule has 4 heterocycles. The molecule has 0 aromatic heterocycles. The summed E-state index contributed by atoms with van der Waals surface area (Å²) in [4.78, 5) is 40.2. The van der Waals surface area contributed by atoms with Crippen molar-refractivity contribution < 1.29 is 98.7 Å². The fourth-order valence-electron chi connectivity index (χ4n) is 5.36. The number of carbonyl (C=O) groups excluding carboxylic acids is 3. The van der Waals surface area contributed by atoms with Crippen molar-refractivity contribution in [3.63, 3.8) is 0 Å². The summed E-state index contributed by atoms with van der Waals surface area (Å²) in [7, 11) is 0. The molecule has 21 heteroatoms. The summed E-state index contributed by atoms with van der Waals surface area (Å²) in [6, 6.07) is 0. The Labute approximate surface area is 266 Å². The molecule has 2 amide bonds. The van der Waals surface area contributed by atoms with Gasteiger partial charge in [-0.15, -0.1) is 5.06 Å². The van der Waals surface area contributed by atoms with Crippen molar-refractivity contribution in [2.24, 2.45) is 0 Å². The summed E-state index contributed by atoms with van der Waals surface area (Å²) < 4.78 is 33.4. The smallest absolute Gasteiger partial charge is 0.333 e. The van der Waals surface area contributed by atoms with Crippen LogP contribution in [0.5, 0.6) is 0 Å². The molecule has 4 aliphatic rings. The molecule has 0 aliphatic carbocycles. The molecule has 0 aromatic rings. The number of ether oxygens (including phenoxy) is 6. The molecule has 0 saturated carbocycles. The first kappa shape index (κ1) is 37.8. The highest BCUT2D eigenvalue weighted by Crippen LogP contribution is 2.33. The van der Waals surface area contributed by atoms with Crippen LogP contribution < -0.4 is 0 Å². The number of rotatable bonds is 13. The van der Waals surface area contributed by atoms with Crippen molar-refractivity contribution in [2.45, 2.75) is 118 Å². The van der Waals surface area contributed by atoms with Gasteiger partial charge in [0, 0.05) is 12.8 Å². The first-order valence-electron chi connectivity index (χ1n) is 14.9. The van der Waals surface area contributed by atoms with Gasteiger partial charge in [-0.25, -0.2) is 4.79 Å². The van der Waals surface area contributed by atoms with E-state index in [1.165, 1.54) is 0 Å². The summed E-state index contributed by atoms with van der Waals surface area (Å²) in [5.74, 6) is -2.26. The second kappa shape index (κ2) is 16.6. The SMILES string of the molecule is O=C(CCCO[C@H]1OC(CO)[C@@H](O)C(O)C1O[C@H]1OC(CO)[C@@H](O)C(O)C1O[C@@H]1OC(CO)[C@@H](O)C(O)[C@H]1O)ON1C(=O)CCC1=O. The van der Waals surface area contributed by atoms with E-state index in [1.807, 2.05) is 0 Å². The third-order valence-corrected chi connectivity index (χ3v) is 8.09. The minimum atomic E-state index is -1.95. The van der Waals surface area contributed by atoms with E-state index in [-0.39, 0.29) is 32.3 Å².